The Hall–Kier alpha value is -1.62. The number of nitrogens with zero attached hydrogens (tertiary/aromatic N) is 2. The van der Waals surface area contributed by atoms with Gasteiger partial charge in [-0.2, -0.15) is 5.10 Å². The van der Waals surface area contributed by atoms with Gasteiger partial charge in [-0.05, 0) is 66.9 Å². The maximum atomic E-state index is 12.4. The molecular formula is C15H18BrN3O. The summed E-state index contributed by atoms with van der Waals surface area (Å²) in [6.07, 6.45) is 0. The first-order valence-electron chi connectivity index (χ1n) is 6.55. The highest BCUT2D eigenvalue weighted by Gasteiger charge is 2.15. The number of amides is 1. The molecule has 0 bridgehead atoms. The van der Waals surface area contributed by atoms with Gasteiger partial charge in [-0.15, -0.1) is 0 Å². The van der Waals surface area contributed by atoms with E-state index in [-0.39, 0.29) is 5.91 Å². The Morgan fingerprint density at radius 1 is 1.30 bits per heavy atom. The molecule has 2 aromatic rings. The van der Waals surface area contributed by atoms with Gasteiger partial charge in [-0.3, -0.25) is 9.48 Å². The van der Waals surface area contributed by atoms with Gasteiger partial charge in [-0.1, -0.05) is 6.07 Å². The third-order valence-electron chi connectivity index (χ3n) is 3.10. The molecule has 0 saturated heterocycles. The lowest BCUT2D eigenvalue weighted by atomic mass is 10.1. The highest BCUT2D eigenvalue weighted by molar-refractivity contribution is 9.10. The lowest BCUT2D eigenvalue weighted by Gasteiger charge is -2.12. The minimum Gasteiger partial charge on any atom is -0.319 e. The zero-order chi connectivity index (χ0) is 14.9. The van der Waals surface area contributed by atoms with Crippen LogP contribution in [0.4, 0.5) is 5.69 Å². The number of rotatable bonds is 3. The number of carbonyl (C=O) groups excluding carboxylic acids is 1. The largest absolute Gasteiger partial charge is 0.319 e. The molecular weight excluding hydrogens is 318 g/mol. The van der Waals surface area contributed by atoms with Crippen LogP contribution < -0.4 is 5.32 Å². The highest BCUT2D eigenvalue weighted by Crippen LogP contribution is 2.28. The number of halogens is 1. The summed E-state index contributed by atoms with van der Waals surface area (Å²) in [6, 6.07) is 5.84. The lowest BCUT2D eigenvalue weighted by molar-refractivity contribution is 0.101. The SMILES string of the molecule is CCn1nc(C)cc1C(=O)Nc1c(C)cc(C)cc1Br. The van der Waals surface area contributed by atoms with E-state index >= 15 is 0 Å². The first-order chi connectivity index (χ1) is 9.42. The topological polar surface area (TPSA) is 46.9 Å². The fraction of sp³-hybridized carbons (Fsp3) is 0.333. The van der Waals surface area contributed by atoms with Crippen molar-refractivity contribution in [1.82, 2.24) is 9.78 Å². The molecule has 0 atom stereocenters. The van der Waals surface area contributed by atoms with Crippen LogP contribution in [0.5, 0.6) is 0 Å². The van der Waals surface area contributed by atoms with Crippen LogP contribution >= 0.6 is 15.9 Å². The quantitative estimate of drug-likeness (QED) is 0.926. The molecule has 2 rings (SSSR count). The number of carbonyl (C=O) groups is 1. The third kappa shape index (κ3) is 2.93. The molecule has 1 aromatic heterocycles. The summed E-state index contributed by atoms with van der Waals surface area (Å²) in [5, 5.41) is 7.26. The van der Waals surface area contributed by atoms with E-state index in [1.807, 2.05) is 39.8 Å². The van der Waals surface area contributed by atoms with E-state index in [9.17, 15) is 4.79 Å². The van der Waals surface area contributed by atoms with Crippen LogP contribution in [0, 0.1) is 20.8 Å². The van der Waals surface area contributed by atoms with Gasteiger partial charge in [0, 0.05) is 11.0 Å². The second-order valence-corrected chi connectivity index (χ2v) is 5.73. The van der Waals surface area contributed by atoms with Gasteiger partial charge in [0.1, 0.15) is 5.69 Å². The Kier molecular flexibility index (Phi) is 4.28. The number of aryl methyl sites for hydroxylation is 4. The molecule has 1 aromatic carbocycles. The molecule has 0 spiro atoms. The van der Waals surface area contributed by atoms with Crippen LogP contribution in [0.3, 0.4) is 0 Å². The van der Waals surface area contributed by atoms with Gasteiger partial charge in [0.15, 0.2) is 0 Å². The Bertz CT molecular complexity index is 638. The molecule has 5 heteroatoms. The zero-order valence-electron chi connectivity index (χ0n) is 12.1. The van der Waals surface area contributed by atoms with Gasteiger partial charge in [0.25, 0.3) is 5.91 Å². The van der Waals surface area contributed by atoms with E-state index in [4.69, 9.17) is 0 Å². The smallest absolute Gasteiger partial charge is 0.273 e. The zero-order valence-corrected chi connectivity index (χ0v) is 13.7. The number of aromatic nitrogens is 2. The van der Waals surface area contributed by atoms with Crippen molar-refractivity contribution in [1.29, 1.82) is 0 Å². The summed E-state index contributed by atoms with van der Waals surface area (Å²) in [5.74, 6) is -0.139. The molecule has 0 radical (unpaired) electrons. The molecule has 1 amide bonds. The van der Waals surface area contributed by atoms with E-state index in [1.54, 1.807) is 10.7 Å². The molecule has 1 heterocycles. The Morgan fingerprint density at radius 2 is 2.00 bits per heavy atom. The van der Waals surface area contributed by atoms with Crippen LogP contribution in [0.25, 0.3) is 0 Å². The maximum Gasteiger partial charge on any atom is 0.273 e. The van der Waals surface area contributed by atoms with E-state index in [0.717, 1.165) is 27.0 Å². The summed E-state index contributed by atoms with van der Waals surface area (Å²) >= 11 is 3.50. The summed E-state index contributed by atoms with van der Waals surface area (Å²) in [4.78, 5) is 12.4. The van der Waals surface area contributed by atoms with E-state index in [2.05, 4.69) is 26.3 Å². The number of nitrogens with one attached hydrogen (secondary N) is 1. The van der Waals surface area contributed by atoms with Crippen LogP contribution in [0.15, 0.2) is 22.7 Å². The van der Waals surface area contributed by atoms with Crippen molar-refractivity contribution in [3.8, 4) is 0 Å². The van der Waals surface area contributed by atoms with Crippen molar-refractivity contribution >= 4 is 27.5 Å². The van der Waals surface area contributed by atoms with Crippen LogP contribution in [0.1, 0.15) is 34.2 Å². The molecule has 0 aliphatic heterocycles. The second kappa shape index (κ2) is 5.79. The van der Waals surface area contributed by atoms with Gasteiger partial charge >= 0.3 is 0 Å². The molecule has 0 fully saturated rings. The van der Waals surface area contributed by atoms with Crippen molar-refractivity contribution in [2.24, 2.45) is 0 Å². The van der Waals surface area contributed by atoms with Gasteiger partial charge < -0.3 is 5.32 Å². The molecule has 106 valence electrons. The predicted octanol–water partition coefficient (Wildman–Crippen LogP) is 3.84. The fourth-order valence-electron chi connectivity index (χ4n) is 2.22. The standard InChI is InChI=1S/C15H18BrN3O/c1-5-19-13(8-11(4)18-19)15(20)17-14-10(3)6-9(2)7-12(14)16/h6-8H,5H2,1-4H3,(H,17,20). The molecule has 4 nitrogen and oxygen atoms in total. The molecule has 0 aliphatic rings. The summed E-state index contributed by atoms with van der Waals surface area (Å²) in [7, 11) is 0. The van der Waals surface area contributed by atoms with Crippen LogP contribution in [-0.2, 0) is 6.54 Å². The Morgan fingerprint density at radius 3 is 2.60 bits per heavy atom. The highest BCUT2D eigenvalue weighted by atomic mass is 79.9. The number of anilines is 1. The third-order valence-corrected chi connectivity index (χ3v) is 3.73. The van der Waals surface area contributed by atoms with E-state index < -0.39 is 0 Å². The van der Waals surface area contributed by atoms with Crippen LogP contribution in [0.2, 0.25) is 0 Å². The first kappa shape index (κ1) is 14.8. The van der Waals surface area contributed by atoms with Crippen molar-refractivity contribution in [3.05, 3.63) is 45.2 Å². The van der Waals surface area contributed by atoms with Gasteiger partial charge in [0.2, 0.25) is 0 Å². The fourth-order valence-corrected chi connectivity index (χ4v) is 2.99. The Balaban J connectivity index is 2.32. The van der Waals surface area contributed by atoms with Crippen molar-refractivity contribution in [2.75, 3.05) is 5.32 Å². The van der Waals surface area contributed by atoms with Crippen molar-refractivity contribution in [2.45, 2.75) is 34.2 Å². The molecule has 1 N–H and O–H groups in total. The molecule has 20 heavy (non-hydrogen) atoms. The van der Waals surface area contributed by atoms with Crippen molar-refractivity contribution in [3.63, 3.8) is 0 Å². The average molecular weight is 336 g/mol. The average Bonchev–Trinajstić information content (AvgIpc) is 2.75. The monoisotopic (exact) mass is 335 g/mol. The minimum absolute atomic E-state index is 0.139. The molecule has 0 saturated carbocycles. The second-order valence-electron chi connectivity index (χ2n) is 4.88. The van der Waals surface area contributed by atoms with Gasteiger partial charge in [-0.25, -0.2) is 0 Å². The summed E-state index contributed by atoms with van der Waals surface area (Å²) in [5.41, 5.74) is 4.42. The predicted molar refractivity (Wildman–Crippen MR) is 84.2 cm³/mol. The molecule has 0 unspecified atom stereocenters. The van der Waals surface area contributed by atoms with Crippen molar-refractivity contribution < 1.29 is 4.79 Å². The van der Waals surface area contributed by atoms with E-state index in [1.165, 1.54) is 0 Å². The number of benzene rings is 1. The lowest BCUT2D eigenvalue weighted by Crippen LogP contribution is -2.18. The molecule has 0 aliphatic carbocycles. The van der Waals surface area contributed by atoms with Gasteiger partial charge in [0.05, 0.1) is 11.4 Å². The summed E-state index contributed by atoms with van der Waals surface area (Å²) in [6.45, 7) is 8.53. The summed E-state index contributed by atoms with van der Waals surface area (Å²) < 4.78 is 2.60. The van der Waals surface area contributed by atoms with E-state index in [0.29, 0.717) is 12.2 Å². The first-order valence-corrected chi connectivity index (χ1v) is 7.34. The maximum absolute atomic E-state index is 12.4. The van der Waals surface area contributed by atoms with Crippen LogP contribution in [-0.4, -0.2) is 15.7 Å². The normalized spacial score (nSPS) is 10.7. The number of hydrogen-bond donors (Lipinski definition) is 1. The number of hydrogen-bond acceptors (Lipinski definition) is 2. The Labute approximate surface area is 127 Å². The minimum atomic E-state index is -0.139.